The van der Waals surface area contributed by atoms with Crippen LogP contribution in [0.25, 0.3) is 0 Å². The molecule has 0 aromatic heterocycles. The smallest absolute Gasteiger partial charge is 0.232 e. The van der Waals surface area contributed by atoms with Crippen molar-refractivity contribution in [1.29, 1.82) is 0 Å². The maximum absolute atomic E-state index is 12.2. The summed E-state index contributed by atoms with van der Waals surface area (Å²) in [6.07, 6.45) is 6.74. The van der Waals surface area contributed by atoms with Gasteiger partial charge in [0.25, 0.3) is 0 Å². The van der Waals surface area contributed by atoms with Gasteiger partial charge in [-0.1, -0.05) is 0 Å². The third-order valence-corrected chi connectivity index (χ3v) is 4.55. The van der Waals surface area contributed by atoms with Gasteiger partial charge < -0.3 is 9.80 Å². The van der Waals surface area contributed by atoms with E-state index in [1.165, 1.54) is 12.8 Å². The van der Waals surface area contributed by atoms with Gasteiger partial charge in [0.1, 0.15) is 6.42 Å². The van der Waals surface area contributed by atoms with Crippen molar-refractivity contribution >= 4 is 11.8 Å². The standard InChI is InChI=1S/C15H26N2O2/c1-12-7-3-5-9-16(12)14(18)11-15(19)17-10-6-4-8-13(17)2/h12-13H,3-11H2,1-2H3/t12-,13-/m0/s1. The van der Waals surface area contributed by atoms with Crippen molar-refractivity contribution in [3.8, 4) is 0 Å². The fourth-order valence-electron chi connectivity index (χ4n) is 3.27. The lowest BCUT2D eigenvalue weighted by Crippen LogP contribution is -2.47. The molecule has 2 aliphatic rings. The lowest BCUT2D eigenvalue weighted by atomic mass is 10.0. The highest BCUT2D eigenvalue weighted by Gasteiger charge is 2.29. The quantitative estimate of drug-likeness (QED) is 0.719. The summed E-state index contributed by atoms with van der Waals surface area (Å²) in [5.74, 6) is 0.0462. The molecule has 0 N–H and O–H groups in total. The van der Waals surface area contributed by atoms with Crippen molar-refractivity contribution in [1.82, 2.24) is 9.80 Å². The molecular weight excluding hydrogens is 240 g/mol. The van der Waals surface area contributed by atoms with Crippen LogP contribution in [0.3, 0.4) is 0 Å². The normalized spacial score (nSPS) is 28.3. The Hall–Kier alpha value is -1.06. The van der Waals surface area contributed by atoms with E-state index in [0.717, 1.165) is 38.8 Å². The first-order chi connectivity index (χ1) is 9.09. The van der Waals surface area contributed by atoms with Crippen LogP contribution in [0.2, 0.25) is 0 Å². The van der Waals surface area contributed by atoms with E-state index < -0.39 is 0 Å². The maximum atomic E-state index is 12.2. The molecule has 2 rings (SSSR count). The second-order valence-corrected chi connectivity index (χ2v) is 6.04. The van der Waals surface area contributed by atoms with Crippen LogP contribution >= 0.6 is 0 Å². The van der Waals surface area contributed by atoms with E-state index in [1.54, 1.807) is 0 Å². The second kappa shape index (κ2) is 6.40. The average Bonchev–Trinajstić information content (AvgIpc) is 2.39. The Bertz CT molecular complexity index is 311. The van der Waals surface area contributed by atoms with Gasteiger partial charge in [0.15, 0.2) is 0 Å². The number of hydrogen-bond acceptors (Lipinski definition) is 2. The van der Waals surface area contributed by atoms with E-state index in [4.69, 9.17) is 0 Å². The molecular formula is C15H26N2O2. The highest BCUT2D eigenvalue weighted by atomic mass is 16.2. The molecule has 0 spiro atoms. The van der Waals surface area contributed by atoms with Crippen LogP contribution in [0.5, 0.6) is 0 Å². The predicted octanol–water partition coefficient (Wildman–Crippen LogP) is 2.18. The summed E-state index contributed by atoms with van der Waals surface area (Å²) in [6.45, 7) is 5.82. The molecule has 0 aromatic rings. The zero-order valence-corrected chi connectivity index (χ0v) is 12.2. The van der Waals surface area contributed by atoms with Crippen molar-refractivity contribution in [3.05, 3.63) is 0 Å². The Morgan fingerprint density at radius 1 is 0.842 bits per heavy atom. The number of carbonyl (C=O) groups is 2. The van der Waals surface area contributed by atoms with E-state index >= 15 is 0 Å². The molecule has 2 fully saturated rings. The third-order valence-electron chi connectivity index (χ3n) is 4.55. The molecule has 4 nitrogen and oxygen atoms in total. The summed E-state index contributed by atoms with van der Waals surface area (Å²) in [5.41, 5.74) is 0. The van der Waals surface area contributed by atoms with Crippen LogP contribution in [-0.2, 0) is 9.59 Å². The molecule has 2 atom stereocenters. The van der Waals surface area contributed by atoms with Crippen LogP contribution in [0.15, 0.2) is 0 Å². The third kappa shape index (κ3) is 3.48. The van der Waals surface area contributed by atoms with Gasteiger partial charge >= 0.3 is 0 Å². The molecule has 2 saturated heterocycles. The van der Waals surface area contributed by atoms with Gasteiger partial charge in [-0.3, -0.25) is 9.59 Å². The summed E-state index contributed by atoms with van der Waals surface area (Å²) in [4.78, 5) is 28.3. The van der Waals surface area contributed by atoms with E-state index in [0.29, 0.717) is 12.1 Å². The first-order valence-electron chi connectivity index (χ1n) is 7.68. The monoisotopic (exact) mass is 266 g/mol. The highest BCUT2D eigenvalue weighted by molar-refractivity contribution is 5.97. The van der Waals surface area contributed by atoms with Crippen molar-refractivity contribution in [2.75, 3.05) is 13.1 Å². The zero-order chi connectivity index (χ0) is 13.8. The lowest BCUT2D eigenvalue weighted by Gasteiger charge is -2.36. The van der Waals surface area contributed by atoms with E-state index in [2.05, 4.69) is 13.8 Å². The van der Waals surface area contributed by atoms with E-state index in [-0.39, 0.29) is 18.2 Å². The minimum absolute atomic E-state index is 0.0231. The number of nitrogens with zero attached hydrogens (tertiary/aromatic N) is 2. The van der Waals surface area contributed by atoms with Gasteiger partial charge in [0.2, 0.25) is 11.8 Å². The molecule has 2 heterocycles. The molecule has 108 valence electrons. The zero-order valence-electron chi connectivity index (χ0n) is 12.2. The Balaban J connectivity index is 1.88. The lowest BCUT2D eigenvalue weighted by molar-refractivity contribution is -0.144. The number of rotatable bonds is 2. The molecule has 0 bridgehead atoms. The summed E-state index contributed by atoms with van der Waals surface area (Å²) in [6, 6.07) is 0.598. The van der Waals surface area contributed by atoms with Gasteiger partial charge in [0.05, 0.1) is 0 Å². The maximum Gasteiger partial charge on any atom is 0.232 e. The van der Waals surface area contributed by atoms with Crippen molar-refractivity contribution in [2.24, 2.45) is 0 Å². The summed E-state index contributed by atoms with van der Waals surface area (Å²) in [7, 11) is 0. The van der Waals surface area contributed by atoms with Gasteiger partial charge in [0, 0.05) is 25.2 Å². The molecule has 19 heavy (non-hydrogen) atoms. The van der Waals surface area contributed by atoms with Gasteiger partial charge in [-0.25, -0.2) is 0 Å². The molecule has 0 aliphatic carbocycles. The Labute approximate surface area is 116 Å². The van der Waals surface area contributed by atoms with Crippen LogP contribution in [0, 0.1) is 0 Å². The molecule has 0 aromatic carbocycles. The topological polar surface area (TPSA) is 40.6 Å². The predicted molar refractivity (Wildman–Crippen MR) is 74.7 cm³/mol. The summed E-state index contributed by atoms with van der Waals surface area (Å²) >= 11 is 0. The van der Waals surface area contributed by atoms with Crippen molar-refractivity contribution in [3.63, 3.8) is 0 Å². The largest absolute Gasteiger partial charge is 0.340 e. The fourth-order valence-corrected chi connectivity index (χ4v) is 3.27. The summed E-state index contributed by atoms with van der Waals surface area (Å²) < 4.78 is 0. The van der Waals surface area contributed by atoms with Gasteiger partial charge in [-0.15, -0.1) is 0 Å². The van der Waals surface area contributed by atoms with E-state index in [9.17, 15) is 9.59 Å². The molecule has 2 amide bonds. The van der Waals surface area contributed by atoms with Crippen LogP contribution < -0.4 is 0 Å². The first-order valence-corrected chi connectivity index (χ1v) is 7.68. The molecule has 0 unspecified atom stereocenters. The molecule has 4 heteroatoms. The number of amides is 2. The minimum atomic E-state index is 0.0231. The highest BCUT2D eigenvalue weighted by Crippen LogP contribution is 2.20. The Kier molecular flexibility index (Phi) is 4.83. The Morgan fingerprint density at radius 2 is 1.26 bits per heavy atom. The fraction of sp³-hybridized carbons (Fsp3) is 0.867. The molecule has 0 saturated carbocycles. The number of carbonyl (C=O) groups excluding carboxylic acids is 2. The van der Waals surface area contributed by atoms with Crippen LogP contribution in [-0.4, -0.2) is 46.8 Å². The minimum Gasteiger partial charge on any atom is -0.340 e. The first kappa shape index (κ1) is 14.4. The summed E-state index contributed by atoms with van der Waals surface area (Å²) in [5, 5.41) is 0. The van der Waals surface area contributed by atoms with Crippen LogP contribution in [0.4, 0.5) is 0 Å². The SMILES string of the molecule is C[C@H]1CCCCN1C(=O)CC(=O)N1CCCC[C@@H]1C. The van der Waals surface area contributed by atoms with Gasteiger partial charge in [-0.05, 0) is 52.4 Å². The number of piperidine rings is 2. The molecule has 0 radical (unpaired) electrons. The van der Waals surface area contributed by atoms with Crippen molar-refractivity contribution < 1.29 is 9.59 Å². The van der Waals surface area contributed by atoms with Crippen molar-refractivity contribution in [2.45, 2.75) is 70.9 Å². The Morgan fingerprint density at radius 3 is 1.63 bits per heavy atom. The molecule has 2 aliphatic heterocycles. The number of likely N-dealkylation sites (tertiary alicyclic amines) is 2. The van der Waals surface area contributed by atoms with E-state index in [1.807, 2.05) is 9.80 Å². The van der Waals surface area contributed by atoms with Crippen LogP contribution in [0.1, 0.15) is 58.8 Å². The number of hydrogen-bond donors (Lipinski definition) is 0. The second-order valence-electron chi connectivity index (χ2n) is 6.04. The van der Waals surface area contributed by atoms with Gasteiger partial charge in [-0.2, -0.15) is 0 Å². The average molecular weight is 266 g/mol.